The predicted molar refractivity (Wildman–Crippen MR) is 71.0 cm³/mol. The van der Waals surface area contributed by atoms with Gasteiger partial charge in [0.2, 0.25) is 0 Å². The van der Waals surface area contributed by atoms with Gasteiger partial charge in [0.25, 0.3) is 0 Å². The van der Waals surface area contributed by atoms with Gasteiger partial charge in [-0.05, 0) is 36.6 Å². The molecule has 1 N–H and O–H groups in total. The van der Waals surface area contributed by atoms with E-state index in [1.807, 2.05) is 17.5 Å². The third-order valence-corrected chi connectivity index (χ3v) is 4.00. The molecule has 1 atom stereocenters. The van der Waals surface area contributed by atoms with Crippen LogP contribution in [-0.4, -0.2) is 12.2 Å². The molecule has 1 heterocycles. The van der Waals surface area contributed by atoms with Crippen LogP contribution in [0.1, 0.15) is 17.4 Å². The molecule has 1 unspecified atom stereocenters. The smallest absolute Gasteiger partial charge is 0.125 e. The fraction of sp³-hybridized carbons (Fsp3) is 0.231. The van der Waals surface area contributed by atoms with Crippen molar-refractivity contribution in [1.29, 1.82) is 0 Å². The van der Waals surface area contributed by atoms with Crippen molar-refractivity contribution in [2.45, 2.75) is 12.5 Å². The zero-order valence-electron chi connectivity index (χ0n) is 9.61. The van der Waals surface area contributed by atoms with Crippen LogP contribution in [0.4, 0.5) is 0 Å². The first-order chi connectivity index (χ1) is 8.05. The molecule has 90 valence electrons. The normalized spacial score (nSPS) is 14.4. The number of benzene rings is 1. The Morgan fingerprint density at radius 3 is 2.71 bits per heavy atom. The molecule has 0 aliphatic carbocycles. The van der Waals surface area contributed by atoms with Crippen LogP contribution in [0.5, 0.6) is 5.75 Å². The zero-order chi connectivity index (χ0) is 12.5. The van der Waals surface area contributed by atoms with Crippen molar-refractivity contribution in [3.8, 4) is 5.75 Å². The lowest BCUT2D eigenvalue weighted by molar-refractivity contribution is 0.103. The molecular formula is C13H13ClO2S. The van der Waals surface area contributed by atoms with Crippen molar-refractivity contribution < 1.29 is 9.84 Å². The number of rotatable bonds is 3. The summed E-state index contributed by atoms with van der Waals surface area (Å²) in [6.45, 7) is 1.74. The van der Waals surface area contributed by atoms with Crippen LogP contribution in [0.25, 0.3) is 0 Å². The van der Waals surface area contributed by atoms with Crippen molar-refractivity contribution >= 4 is 22.9 Å². The highest BCUT2D eigenvalue weighted by molar-refractivity contribution is 7.10. The van der Waals surface area contributed by atoms with Crippen molar-refractivity contribution in [1.82, 2.24) is 0 Å². The second kappa shape index (κ2) is 4.69. The van der Waals surface area contributed by atoms with Crippen LogP contribution in [-0.2, 0) is 5.60 Å². The van der Waals surface area contributed by atoms with Crippen LogP contribution < -0.4 is 4.74 Å². The Hall–Kier alpha value is -1.03. The third kappa shape index (κ3) is 2.32. The van der Waals surface area contributed by atoms with Crippen LogP contribution in [0.15, 0.2) is 35.7 Å². The van der Waals surface area contributed by atoms with E-state index in [0.717, 1.165) is 4.88 Å². The SMILES string of the molecule is COc1ccc(Cl)cc1C(C)(O)c1cccs1. The maximum atomic E-state index is 10.7. The van der Waals surface area contributed by atoms with Gasteiger partial charge in [-0.2, -0.15) is 0 Å². The molecule has 0 aliphatic heterocycles. The Morgan fingerprint density at radius 1 is 1.35 bits per heavy atom. The first-order valence-electron chi connectivity index (χ1n) is 5.16. The van der Waals surface area contributed by atoms with E-state index in [9.17, 15) is 5.11 Å². The molecule has 0 saturated carbocycles. The summed E-state index contributed by atoms with van der Waals surface area (Å²) >= 11 is 7.48. The standard InChI is InChI=1S/C13H13ClO2S/c1-13(15,12-4-3-7-17-12)10-8-9(14)5-6-11(10)16-2/h3-8,15H,1-2H3. The summed E-state index contributed by atoms with van der Waals surface area (Å²) in [5.74, 6) is 0.632. The minimum atomic E-state index is -1.09. The first kappa shape index (κ1) is 12.4. The van der Waals surface area contributed by atoms with E-state index in [4.69, 9.17) is 16.3 Å². The Kier molecular flexibility index (Phi) is 3.43. The molecule has 1 aromatic carbocycles. The van der Waals surface area contributed by atoms with Crippen LogP contribution in [0, 0.1) is 0 Å². The first-order valence-corrected chi connectivity index (χ1v) is 6.42. The Morgan fingerprint density at radius 2 is 2.12 bits per heavy atom. The van der Waals surface area contributed by atoms with Crippen LogP contribution in [0.3, 0.4) is 0 Å². The molecule has 17 heavy (non-hydrogen) atoms. The van der Waals surface area contributed by atoms with E-state index >= 15 is 0 Å². The highest BCUT2D eigenvalue weighted by Crippen LogP contribution is 2.38. The molecule has 0 saturated heterocycles. The third-order valence-electron chi connectivity index (χ3n) is 2.69. The number of thiophene rings is 1. The van der Waals surface area contributed by atoms with Gasteiger partial charge in [-0.15, -0.1) is 11.3 Å². The molecule has 0 bridgehead atoms. The molecule has 2 nitrogen and oxygen atoms in total. The lowest BCUT2D eigenvalue weighted by Crippen LogP contribution is -2.22. The van der Waals surface area contributed by atoms with E-state index in [1.165, 1.54) is 11.3 Å². The lowest BCUT2D eigenvalue weighted by atomic mass is 9.93. The van der Waals surface area contributed by atoms with Crippen LogP contribution >= 0.6 is 22.9 Å². The fourth-order valence-electron chi connectivity index (χ4n) is 1.75. The molecule has 0 amide bonds. The minimum absolute atomic E-state index is 0.581. The zero-order valence-corrected chi connectivity index (χ0v) is 11.2. The number of hydrogen-bond acceptors (Lipinski definition) is 3. The molecule has 0 spiro atoms. The van der Waals surface area contributed by atoms with Gasteiger partial charge in [-0.1, -0.05) is 17.7 Å². The van der Waals surface area contributed by atoms with Gasteiger partial charge in [-0.25, -0.2) is 0 Å². The summed E-state index contributed by atoms with van der Waals surface area (Å²) in [6, 6.07) is 9.05. The highest BCUT2D eigenvalue weighted by Gasteiger charge is 2.30. The van der Waals surface area contributed by atoms with E-state index in [-0.39, 0.29) is 0 Å². The molecule has 0 radical (unpaired) electrons. The quantitative estimate of drug-likeness (QED) is 0.920. The summed E-state index contributed by atoms with van der Waals surface area (Å²) in [5, 5.41) is 13.2. The number of ether oxygens (including phenoxy) is 1. The summed E-state index contributed by atoms with van der Waals surface area (Å²) < 4.78 is 5.27. The van der Waals surface area contributed by atoms with Crippen molar-refractivity contribution in [2.24, 2.45) is 0 Å². The van der Waals surface area contributed by atoms with E-state index in [2.05, 4.69) is 0 Å². The van der Waals surface area contributed by atoms with Gasteiger partial charge in [0, 0.05) is 15.5 Å². The molecule has 4 heteroatoms. The lowest BCUT2D eigenvalue weighted by Gasteiger charge is -2.24. The van der Waals surface area contributed by atoms with Gasteiger partial charge in [0.05, 0.1) is 7.11 Å². The highest BCUT2D eigenvalue weighted by atomic mass is 35.5. The second-order valence-electron chi connectivity index (χ2n) is 3.89. The summed E-state index contributed by atoms with van der Waals surface area (Å²) in [4.78, 5) is 0.859. The summed E-state index contributed by atoms with van der Waals surface area (Å²) in [6.07, 6.45) is 0. The summed E-state index contributed by atoms with van der Waals surface area (Å²) in [7, 11) is 1.58. The van der Waals surface area contributed by atoms with Gasteiger partial charge in [0.15, 0.2) is 0 Å². The van der Waals surface area contributed by atoms with Crippen molar-refractivity contribution in [3.63, 3.8) is 0 Å². The number of methoxy groups -OCH3 is 1. The number of aliphatic hydroxyl groups is 1. The Balaban J connectivity index is 2.56. The monoisotopic (exact) mass is 268 g/mol. The fourth-order valence-corrected chi connectivity index (χ4v) is 2.72. The maximum absolute atomic E-state index is 10.7. The predicted octanol–water partition coefficient (Wildman–Crippen LogP) is 3.67. The average molecular weight is 269 g/mol. The average Bonchev–Trinajstić information content (AvgIpc) is 2.83. The number of halogens is 1. The van der Waals surface area contributed by atoms with E-state index in [0.29, 0.717) is 16.3 Å². The van der Waals surface area contributed by atoms with Gasteiger partial charge < -0.3 is 9.84 Å². The Bertz CT molecular complexity index is 506. The Labute approximate surface area is 109 Å². The molecule has 2 aromatic rings. The van der Waals surface area contributed by atoms with Crippen molar-refractivity contribution in [2.75, 3.05) is 7.11 Å². The van der Waals surface area contributed by atoms with E-state index < -0.39 is 5.60 Å². The van der Waals surface area contributed by atoms with Gasteiger partial charge in [0.1, 0.15) is 11.4 Å². The summed E-state index contributed by atoms with van der Waals surface area (Å²) in [5.41, 5.74) is -0.417. The number of hydrogen-bond donors (Lipinski definition) is 1. The molecule has 0 fully saturated rings. The molecule has 0 aliphatic rings. The molecule has 1 aromatic heterocycles. The molecule has 2 rings (SSSR count). The minimum Gasteiger partial charge on any atom is -0.496 e. The van der Waals surface area contributed by atoms with E-state index in [1.54, 1.807) is 32.2 Å². The van der Waals surface area contributed by atoms with Crippen LogP contribution in [0.2, 0.25) is 5.02 Å². The molecular weight excluding hydrogens is 256 g/mol. The topological polar surface area (TPSA) is 29.5 Å². The maximum Gasteiger partial charge on any atom is 0.125 e. The van der Waals surface area contributed by atoms with Crippen molar-refractivity contribution in [3.05, 3.63) is 51.2 Å². The second-order valence-corrected chi connectivity index (χ2v) is 5.28. The van der Waals surface area contributed by atoms with Gasteiger partial charge in [-0.3, -0.25) is 0 Å². The van der Waals surface area contributed by atoms with Gasteiger partial charge >= 0.3 is 0 Å². The largest absolute Gasteiger partial charge is 0.496 e.